The van der Waals surface area contributed by atoms with E-state index in [0.717, 1.165) is 17.7 Å². The molecule has 0 atom stereocenters. The maximum atomic E-state index is 11.0. The van der Waals surface area contributed by atoms with E-state index in [9.17, 15) is 4.79 Å². The molecule has 94 valence electrons. The van der Waals surface area contributed by atoms with Crippen LogP contribution in [-0.2, 0) is 11.2 Å². The number of carbonyl (C=O) groups is 1. The van der Waals surface area contributed by atoms with Gasteiger partial charge in [-0.2, -0.15) is 0 Å². The van der Waals surface area contributed by atoms with Gasteiger partial charge in [0, 0.05) is 6.54 Å². The fraction of sp³-hybridized carbons (Fsp3) is 0.462. The molecule has 0 aliphatic rings. The summed E-state index contributed by atoms with van der Waals surface area (Å²) in [5, 5.41) is 2.75. The Bertz CT molecular complexity index is 405. The smallest absolute Gasteiger partial charge is 0.234 e. The Labute approximate surface area is 107 Å². The van der Waals surface area contributed by atoms with Gasteiger partial charge in [0.05, 0.1) is 7.11 Å². The molecule has 0 bridgehead atoms. The molecule has 1 amide bonds. The van der Waals surface area contributed by atoms with Crippen molar-refractivity contribution in [1.29, 1.82) is 0 Å². The van der Waals surface area contributed by atoms with Crippen molar-refractivity contribution in [3.8, 4) is 5.75 Å². The Morgan fingerprint density at radius 3 is 2.71 bits per heavy atom. The minimum atomic E-state index is -0.143. The van der Waals surface area contributed by atoms with E-state index in [1.807, 2.05) is 19.9 Å². The van der Waals surface area contributed by atoms with Crippen LogP contribution >= 0.6 is 11.6 Å². The molecular formula is C13H18ClNO2. The number of methoxy groups -OCH3 is 1. The summed E-state index contributed by atoms with van der Waals surface area (Å²) >= 11 is 5.41. The van der Waals surface area contributed by atoms with Crippen molar-refractivity contribution in [2.75, 3.05) is 19.5 Å². The van der Waals surface area contributed by atoms with Crippen LogP contribution < -0.4 is 10.1 Å². The average Bonchev–Trinajstić information content (AvgIpc) is 2.30. The number of carbonyl (C=O) groups excluding carboxylic acids is 1. The van der Waals surface area contributed by atoms with Gasteiger partial charge >= 0.3 is 0 Å². The summed E-state index contributed by atoms with van der Waals surface area (Å²) in [5.74, 6) is 0.738. The number of nitrogens with one attached hydrogen (secondary N) is 1. The minimum Gasteiger partial charge on any atom is -0.496 e. The Balaban J connectivity index is 2.73. The van der Waals surface area contributed by atoms with Gasteiger partial charge in [-0.25, -0.2) is 0 Å². The van der Waals surface area contributed by atoms with E-state index in [1.54, 1.807) is 7.11 Å². The van der Waals surface area contributed by atoms with Crippen LogP contribution in [0.25, 0.3) is 0 Å². The predicted octanol–water partition coefficient (Wildman–Crippen LogP) is 2.21. The molecule has 1 aromatic rings. The molecule has 0 spiro atoms. The number of alkyl halides is 1. The molecule has 1 aromatic carbocycles. The molecule has 0 heterocycles. The molecule has 17 heavy (non-hydrogen) atoms. The molecule has 0 unspecified atom stereocenters. The molecule has 3 nitrogen and oxygen atoms in total. The van der Waals surface area contributed by atoms with Crippen LogP contribution in [0.4, 0.5) is 0 Å². The Kier molecular flexibility index (Phi) is 5.29. The highest BCUT2D eigenvalue weighted by molar-refractivity contribution is 6.27. The van der Waals surface area contributed by atoms with Crippen LogP contribution in [0.3, 0.4) is 0 Å². The molecule has 1 rings (SSSR count). The highest BCUT2D eigenvalue weighted by Gasteiger charge is 2.08. The molecule has 0 aliphatic heterocycles. The van der Waals surface area contributed by atoms with Crippen molar-refractivity contribution >= 4 is 17.5 Å². The lowest BCUT2D eigenvalue weighted by Crippen LogP contribution is -2.26. The summed E-state index contributed by atoms with van der Waals surface area (Å²) in [6, 6.07) is 4.12. The maximum Gasteiger partial charge on any atom is 0.234 e. The summed E-state index contributed by atoms with van der Waals surface area (Å²) < 4.78 is 5.35. The molecule has 0 radical (unpaired) electrons. The Morgan fingerprint density at radius 1 is 1.41 bits per heavy atom. The van der Waals surface area contributed by atoms with Gasteiger partial charge in [-0.05, 0) is 43.0 Å². The van der Waals surface area contributed by atoms with Crippen LogP contribution in [0, 0.1) is 13.8 Å². The zero-order valence-electron chi connectivity index (χ0n) is 10.5. The summed E-state index contributed by atoms with van der Waals surface area (Å²) in [4.78, 5) is 11.0. The van der Waals surface area contributed by atoms with Gasteiger partial charge in [0.1, 0.15) is 11.6 Å². The van der Waals surface area contributed by atoms with Gasteiger partial charge in [0.25, 0.3) is 0 Å². The van der Waals surface area contributed by atoms with E-state index in [4.69, 9.17) is 16.3 Å². The van der Waals surface area contributed by atoms with Gasteiger partial charge in [-0.1, -0.05) is 6.07 Å². The lowest BCUT2D eigenvalue weighted by molar-refractivity contribution is -0.118. The Hall–Kier alpha value is -1.22. The third kappa shape index (κ3) is 3.93. The molecular weight excluding hydrogens is 238 g/mol. The number of aryl methyl sites for hydroxylation is 2. The lowest BCUT2D eigenvalue weighted by atomic mass is 10.0. The van der Waals surface area contributed by atoms with Crippen LogP contribution in [0.2, 0.25) is 0 Å². The first-order chi connectivity index (χ1) is 8.08. The highest BCUT2D eigenvalue weighted by Crippen LogP contribution is 2.24. The number of halogens is 1. The summed E-state index contributed by atoms with van der Waals surface area (Å²) in [6.07, 6.45) is 0.748. The van der Waals surface area contributed by atoms with Crippen molar-refractivity contribution in [3.63, 3.8) is 0 Å². The van der Waals surface area contributed by atoms with Crippen LogP contribution in [0.15, 0.2) is 12.1 Å². The first-order valence-corrected chi connectivity index (χ1v) is 6.08. The SMILES string of the molecule is COc1cc(C)cc(C)c1CCNC(=O)CCl. The number of amides is 1. The molecule has 4 heteroatoms. The van der Waals surface area contributed by atoms with Crippen molar-refractivity contribution in [3.05, 3.63) is 28.8 Å². The largest absolute Gasteiger partial charge is 0.496 e. The molecule has 0 fully saturated rings. The molecule has 0 saturated heterocycles. The fourth-order valence-corrected chi connectivity index (χ4v) is 1.93. The number of hydrogen-bond acceptors (Lipinski definition) is 2. The maximum absolute atomic E-state index is 11.0. The van der Waals surface area contributed by atoms with Gasteiger partial charge in [0.15, 0.2) is 0 Å². The van der Waals surface area contributed by atoms with E-state index < -0.39 is 0 Å². The normalized spacial score (nSPS) is 10.1. The molecule has 0 aromatic heterocycles. The van der Waals surface area contributed by atoms with Crippen molar-refractivity contribution in [2.45, 2.75) is 20.3 Å². The standard InChI is InChI=1S/C13H18ClNO2/c1-9-6-10(2)11(12(7-9)17-3)4-5-15-13(16)8-14/h6-7H,4-5,8H2,1-3H3,(H,15,16). The number of benzene rings is 1. The van der Waals surface area contributed by atoms with Crippen molar-refractivity contribution < 1.29 is 9.53 Å². The number of rotatable bonds is 5. The molecule has 0 aliphatic carbocycles. The predicted molar refractivity (Wildman–Crippen MR) is 69.9 cm³/mol. The zero-order chi connectivity index (χ0) is 12.8. The third-order valence-corrected chi connectivity index (χ3v) is 2.86. The van der Waals surface area contributed by atoms with Gasteiger partial charge in [-0.3, -0.25) is 4.79 Å². The van der Waals surface area contributed by atoms with Crippen molar-refractivity contribution in [1.82, 2.24) is 5.32 Å². The molecule has 1 N–H and O–H groups in total. The first kappa shape index (κ1) is 13.8. The summed E-state index contributed by atoms with van der Waals surface area (Å²) in [7, 11) is 1.66. The molecule has 0 saturated carbocycles. The monoisotopic (exact) mass is 255 g/mol. The topological polar surface area (TPSA) is 38.3 Å². The van der Waals surface area contributed by atoms with Gasteiger partial charge in [-0.15, -0.1) is 11.6 Å². The van der Waals surface area contributed by atoms with Gasteiger partial charge in [0.2, 0.25) is 5.91 Å². The summed E-state index contributed by atoms with van der Waals surface area (Å²) in [5.41, 5.74) is 3.49. The van der Waals surface area contributed by atoms with E-state index in [1.165, 1.54) is 11.1 Å². The second-order valence-electron chi connectivity index (χ2n) is 4.00. The highest BCUT2D eigenvalue weighted by atomic mass is 35.5. The first-order valence-electron chi connectivity index (χ1n) is 5.55. The van der Waals surface area contributed by atoms with Crippen molar-refractivity contribution in [2.24, 2.45) is 0 Å². The number of hydrogen-bond donors (Lipinski definition) is 1. The van der Waals surface area contributed by atoms with E-state index >= 15 is 0 Å². The minimum absolute atomic E-state index is 0.00398. The fourth-order valence-electron chi connectivity index (χ4n) is 1.84. The van der Waals surface area contributed by atoms with E-state index in [0.29, 0.717) is 6.54 Å². The lowest BCUT2D eigenvalue weighted by Gasteiger charge is -2.13. The van der Waals surface area contributed by atoms with Crippen LogP contribution in [0.5, 0.6) is 5.75 Å². The Morgan fingerprint density at radius 2 is 2.12 bits per heavy atom. The second kappa shape index (κ2) is 6.50. The van der Waals surface area contributed by atoms with E-state index in [2.05, 4.69) is 11.4 Å². The van der Waals surface area contributed by atoms with Crippen LogP contribution in [0.1, 0.15) is 16.7 Å². The number of ether oxygens (including phenoxy) is 1. The van der Waals surface area contributed by atoms with Crippen LogP contribution in [-0.4, -0.2) is 25.4 Å². The third-order valence-electron chi connectivity index (χ3n) is 2.61. The van der Waals surface area contributed by atoms with E-state index in [-0.39, 0.29) is 11.8 Å². The quantitative estimate of drug-likeness (QED) is 0.820. The second-order valence-corrected chi connectivity index (χ2v) is 4.26. The zero-order valence-corrected chi connectivity index (χ0v) is 11.2. The van der Waals surface area contributed by atoms with Gasteiger partial charge < -0.3 is 10.1 Å². The summed E-state index contributed by atoms with van der Waals surface area (Å²) in [6.45, 7) is 4.66. The average molecular weight is 256 g/mol.